The fraction of sp³-hybridized carbons (Fsp3) is 0.560. The van der Waals surface area contributed by atoms with Gasteiger partial charge in [-0.2, -0.15) is 10.1 Å². The number of fused-ring (bicyclic) bond motifs is 1. The molecule has 2 heterocycles. The summed E-state index contributed by atoms with van der Waals surface area (Å²) in [5, 5.41) is 5.15. The topological polar surface area (TPSA) is 74.5 Å². The van der Waals surface area contributed by atoms with Crippen molar-refractivity contribution >= 4 is 36.5 Å². The van der Waals surface area contributed by atoms with Gasteiger partial charge in [-0.3, -0.25) is 0 Å². The first kappa shape index (κ1) is 25.7. The lowest BCUT2D eigenvalue weighted by Gasteiger charge is -2.20. The molecule has 0 saturated heterocycles. The van der Waals surface area contributed by atoms with E-state index < -0.39 is 8.07 Å². The second-order valence-electron chi connectivity index (χ2n) is 10.5. The highest BCUT2D eigenvalue weighted by molar-refractivity contribution is 6.76. The molecule has 1 saturated carbocycles. The summed E-state index contributed by atoms with van der Waals surface area (Å²) >= 11 is 6.43. The maximum absolute atomic E-state index is 6.43. The predicted octanol–water partition coefficient (Wildman–Crippen LogP) is 5.40. The van der Waals surface area contributed by atoms with E-state index in [-0.39, 0.29) is 5.28 Å². The number of methoxy groups -OCH3 is 2. The van der Waals surface area contributed by atoms with E-state index in [9.17, 15) is 0 Å². The number of hydrogen-bond donors (Lipinski definition) is 0. The van der Waals surface area contributed by atoms with E-state index in [2.05, 4.69) is 29.6 Å². The molecule has 0 atom stereocenters. The van der Waals surface area contributed by atoms with E-state index in [0.717, 1.165) is 52.9 Å². The summed E-state index contributed by atoms with van der Waals surface area (Å²) in [6, 6.07) is 6.92. The highest BCUT2D eigenvalue weighted by atomic mass is 35.5. The van der Waals surface area contributed by atoms with Crippen LogP contribution in [-0.4, -0.2) is 55.7 Å². The molecule has 0 aliphatic heterocycles. The summed E-state index contributed by atoms with van der Waals surface area (Å²) in [4.78, 5) is 11.2. The maximum atomic E-state index is 6.43. The van der Waals surface area contributed by atoms with Crippen LogP contribution in [0.15, 0.2) is 18.2 Å². The maximum Gasteiger partial charge on any atom is 0.225 e. The Morgan fingerprint density at radius 1 is 1.11 bits per heavy atom. The monoisotopic (exact) mass is 517 g/mol. The van der Waals surface area contributed by atoms with Crippen LogP contribution in [0.5, 0.6) is 11.5 Å². The third-order valence-corrected chi connectivity index (χ3v) is 8.17. The van der Waals surface area contributed by atoms with E-state index in [0.29, 0.717) is 25.0 Å². The third-order valence-electron chi connectivity index (χ3n) is 6.30. The van der Waals surface area contributed by atoms with Gasteiger partial charge >= 0.3 is 0 Å². The number of rotatable bonds is 12. The van der Waals surface area contributed by atoms with Crippen LogP contribution in [0.1, 0.15) is 24.1 Å². The zero-order valence-corrected chi connectivity index (χ0v) is 23.4. The highest BCUT2D eigenvalue weighted by Gasteiger charge is 2.28. The SMILES string of the molecule is COc1ccc(CN(C)c2nc(Cl)nc3c(CC4CC4)n(COCC[Si](C)(C)C)nc23)c(OC)c1. The van der Waals surface area contributed by atoms with E-state index >= 15 is 0 Å². The molecular weight excluding hydrogens is 482 g/mol. The molecule has 0 amide bonds. The number of benzene rings is 1. The molecule has 35 heavy (non-hydrogen) atoms. The summed E-state index contributed by atoms with van der Waals surface area (Å²) in [5.41, 5.74) is 3.64. The van der Waals surface area contributed by atoms with Gasteiger partial charge in [-0.15, -0.1) is 0 Å². The van der Waals surface area contributed by atoms with Crippen LogP contribution < -0.4 is 14.4 Å². The van der Waals surface area contributed by atoms with Crippen molar-refractivity contribution in [3.05, 3.63) is 34.7 Å². The molecule has 0 N–H and O–H groups in total. The number of ether oxygens (including phenoxy) is 3. The third kappa shape index (κ3) is 6.45. The lowest BCUT2D eigenvalue weighted by Crippen LogP contribution is -2.22. The van der Waals surface area contributed by atoms with E-state index in [1.807, 2.05) is 34.8 Å². The molecule has 0 unspecified atom stereocenters. The van der Waals surface area contributed by atoms with Crippen molar-refractivity contribution in [1.29, 1.82) is 0 Å². The summed E-state index contributed by atoms with van der Waals surface area (Å²) in [7, 11) is 4.12. The van der Waals surface area contributed by atoms with Gasteiger partial charge in [0.15, 0.2) is 11.3 Å². The van der Waals surface area contributed by atoms with E-state index in [4.69, 9.17) is 30.9 Å². The normalized spacial score (nSPS) is 13.9. The molecule has 2 aromatic heterocycles. The van der Waals surface area contributed by atoms with Gasteiger partial charge in [0.1, 0.15) is 23.7 Å². The molecule has 8 nitrogen and oxygen atoms in total. The van der Waals surface area contributed by atoms with Crippen LogP contribution in [0.3, 0.4) is 0 Å². The van der Waals surface area contributed by atoms with Gasteiger partial charge in [-0.1, -0.05) is 19.6 Å². The first-order chi connectivity index (χ1) is 16.7. The standard InChI is InChI=1S/C25H36ClN5O3Si/c1-30(15-18-9-10-19(32-2)14-21(18)33-3)24-23-22(27-25(26)28-24)20(13-17-7-8-17)31(29-23)16-34-11-12-35(4,5)6/h9-10,14,17H,7-8,11-13,15-16H2,1-6H3. The van der Waals surface area contributed by atoms with Crippen LogP contribution in [0.4, 0.5) is 5.82 Å². The van der Waals surface area contributed by atoms with E-state index in [1.54, 1.807) is 14.2 Å². The number of aromatic nitrogens is 4. The van der Waals surface area contributed by atoms with Gasteiger partial charge in [0, 0.05) is 39.9 Å². The molecule has 4 rings (SSSR count). The molecule has 190 valence electrons. The molecule has 3 aromatic rings. The minimum atomic E-state index is -1.16. The van der Waals surface area contributed by atoms with Gasteiger partial charge in [-0.25, -0.2) is 9.67 Å². The fourth-order valence-corrected chi connectivity index (χ4v) is 4.95. The molecular formula is C25H36ClN5O3Si. The van der Waals surface area contributed by atoms with Crippen LogP contribution in [0.25, 0.3) is 11.0 Å². The van der Waals surface area contributed by atoms with Gasteiger partial charge in [0.25, 0.3) is 0 Å². The smallest absolute Gasteiger partial charge is 0.225 e. The summed E-state index contributed by atoms with van der Waals surface area (Å²) in [6.07, 6.45) is 3.41. The van der Waals surface area contributed by atoms with Crippen molar-refractivity contribution in [2.24, 2.45) is 5.92 Å². The lowest BCUT2D eigenvalue weighted by atomic mass is 10.1. The van der Waals surface area contributed by atoms with Crippen LogP contribution >= 0.6 is 11.6 Å². The van der Waals surface area contributed by atoms with Crippen molar-refractivity contribution in [3.8, 4) is 11.5 Å². The summed E-state index contributed by atoms with van der Waals surface area (Å²) in [5.74, 6) is 2.87. The number of anilines is 1. The minimum Gasteiger partial charge on any atom is -0.497 e. The summed E-state index contributed by atoms with van der Waals surface area (Å²) in [6.45, 7) is 8.78. The van der Waals surface area contributed by atoms with Crippen LogP contribution in [0.2, 0.25) is 31.0 Å². The average Bonchev–Trinajstić information content (AvgIpc) is 3.57. The molecule has 0 spiro atoms. The van der Waals surface area contributed by atoms with Gasteiger partial charge in [0.2, 0.25) is 5.28 Å². The molecule has 1 aromatic carbocycles. The highest BCUT2D eigenvalue weighted by Crippen LogP contribution is 2.36. The molecule has 1 aliphatic rings. The van der Waals surface area contributed by atoms with Crippen molar-refractivity contribution in [2.75, 3.05) is 32.8 Å². The Morgan fingerprint density at radius 3 is 2.54 bits per heavy atom. The zero-order valence-electron chi connectivity index (χ0n) is 21.6. The van der Waals surface area contributed by atoms with E-state index in [1.165, 1.54) is 12.8 Å². The summed E-state index contributed by atoms with van der Waals surface area (Å²) < 4.78 is 18.9. The van der Waals surface area contributed by atoms with Gasteiger partial charge in [-0.05, 0) is 55.0 Å². The lowest BCUT2D eigenvalue weighted by molar-refractivity contribution is 0.0769. The molecule has 0 radical (unpaired) electrons. The predicted molar refractivity (Wildman–Crippen MR) is 143 cm³/mol. The fourth-order valence-electron chi connectivity index (χ4n) is 4.03. The van der Waals surface area contributed by atoms with Gasteiger partial charge in [0.05, 0.1) is 19.9 Å². The Kier molecular flexibility index (Phi) is 7.88. The van der Waals surface area contributed by atoms with Crippen LogP contribution in [0, 0.1) is 5.92 Å². The van der Waals surface area contributed by atoms with Crippen molar-refractivity contribution in [3.63, 3.8) is 0 Å². The Bertz CT molecular complexity index is 1180. The minimum absolute atomic E-state index is 0.220. The van der Waals surface area contributed by atoms with Crippen molar-refractivity contribution in [2.45, 2.75) is 58.2 Å². The zero-order chi connectivity index (χ0) is 25.2. The molecule has 1 fully saturated rings. The number of nitrogens with zero attached hydrogens (tertiary/aromatic N) is 5. The Morgan fingerprint density at radius 2 is 1.89 bits per heavy atom. The number of halogens is 1. The molecule has 0 bridgehead atoms. The largest absolute Gasteiger partial charge is 0.497 e. The Hall–Kier alpha value is -2.36. The van der Waals surface area contributed by atoms with Crippen molar-refractivity contribution < 1.29 is 14.2 Å². The molecule has 1 aliphatic carbocycles. The average molecular weight is 518 g/mol. The molecule has 10 heteroatoms. The number of hydrogen-bond acceptors (Lipinski definition) is 7. The second-order valence-corrected chi connectivity index (χ2v) is 16.4. The quantitative estimate of drug-likeness (QED) is 0.181. The van der Waals surface area contributed by atoms with Crippen molar-refractivity contribution in [1.82, 2.24) is 19.7 Å². The second kappa shape index (κ2) is 10.7. The van der Waals surface area contributed by atoms with Crippen LogP contribution in [-0.2, 0) is 24.4 Å². The Balaban J connectivity index is 1.64. The first-order valence-corrected chi connectivity index (χ1v) is 16.2. The Labute approximate surface area is 213 Å². The first-order valence-electron chi connectivity index (χ1n) is 12.1. The van der Waals surface area contributed by atoms with Gasteiger partial charge < -0.3 is 19.1 Å².